The molecule has 1 saturated carbocycles. The summed E-state index contributed by atoms with van der Waals surface area (Å²) in [4.78, 5) is 19.3. The molecule has 6 heteroatoms. The van der Waals surface area contributed by atoms with Gasteiger partial charge in [0.2, 0.25) is 5.91 Å². The smallest absolute Gasteiger partial charge is 0.224 e. The average molecular weight is 367 g/mol. The molecule has 1 unspecified atom stereocenters. The van der Waals surface area contributed by atoms with Gasteiger partial charge in [-0.3, -0.25) is 9.79 Å². The number of carbonyl (C=O) groups is 1. The van der Waals surface area contributed by atoms with Crippen LogP contribution in [0.2, 0.25) is 0 Å². The topological polar surface area (TPSA) is 66.0 Å². The number of nitrogens with one attached hydrogen (secondary N) is 2. The maximum absolute atomic E-state index is 12.5. The summed E-state index contributed by atoms with van der Waals surface area (Å²) in [6, 6.07) is 0.386. The lowest BCUT2D eigenvalue weighted by atomic mass is 9.67. The summed E-state index contributed by atoms with van der Waals surface area (Å²) < 4.78 is 5.26. The standard InChI is InChI=1S/C20H38N4O2/c1-4-21-19(23-16-20(10-7-11-20)12-15-26-3)22-13-9-18(25)24-14-6-5-8-17(24)2/h17H,4-16H2,1-3H3,(H2,21,22,23). The van der Waals surface area contributed by atoms with E-state index in [1.54, 1.807) is 7.11 Å². The number of aliphatic imine (C=N–C) groups is 1. The highest BCUT2D eigenvalue weighted by atomic mass is 16.5. The zero-order valence-corrected chi connectivity index (χ0v) is 17.0. The highest BCUT2D eigenvalue weighted by Crippen LogP contribution is 2.44. The number of piperidine rings is 1. The van der Waals surface area contributed by atoms with Crippen molar-refractivity contribution in [2.75, 3.05) is 39.9 Å². The summed E-state index contributed by atoms with van der Waals surface area (Å²) in [5, 5.41) is 6.65. The summed E-state index contributed by atoms with van der Waals surface area (Å²) in [7, 11) is 1.77. The molecule has 1 aliphatic carbocycles. The Hall–Kier alpha value is -1.30. The van der Waals surface area contributed by atoms with E-state index < -0.39 is 0 Å². The Balaban J connectivity index is 1.78. The molecule has 0 aromatic carbocycles. The van der Waals surface area contributed by atoms with E-state index in [4.69, 9.17) is 9.73 Å². The van der Waals surface area contributed by atoms with Crippen molar-refractivity contribution < 1.29 is 9.53 Å². The van der Waals surface area contributed by atoms with E-state index in [9.17, 15) is 4.79 Å². The summed E-state index contributed by atoms with van der Waals surface area (Å²) in [5.74, 6) is 1.09. The van der Waals surface area contributed by atoms with E-state index in [-0.39, 0.29) is 5.91 Å². The predicted molar refractivity (Wildman–Crippen MR) is 106 cm³/mol. The summed E-state index contributed by atoms with van der Waals surface area (Å²) in [6.07, 6.45) is 8.90. The minimum atomic E-state index is 0.260. The van der Waals surface area contributed by atoms with Gasteiger partial charge in [-0.1, -0.05) is 6.42 Å². The largest absolute Gasteiger partial charge is 0.385 e. The van der Waals surface area contributed by atoms with Crippen LogP contribution in [0.4, 0.5) is 0 Å². The van der Waals surface area contributed by atoms with Gasteiger partial charge in [0.15, 0.2) is 5.96 Å². The van der Waals surface area contributed by atoms with Crippen molar-refractivity contribution in [3.8, 4) is 0 Å². The Morgan fingerprint density at radius 2 is 2.08 bits per heavy atom. The first-order valence-electron chi connectivity index (χ1n) is 10.4. The van der Waals surface area contributed by atoms with E-state index >= 15 is 0 Å². The van der Waals surface area contributed by atoms with E-state index in [0.29, 0.717) is 24.4 Å². The molecule has 2 aliphatic rings. The summed E-state index contributed by atoms with van der Waals surface area (Å²) in [5.41, 5.74) is 0.317. The van der Waals surface area contributed by atoms with Gasteiger partial charge in [0.05, 0.1) is 0 Å². The number of hydrogen-bond acceptors (Lipinski definition) is 3. The van der Waals surface area contributed by atoms with Gasteiger partial charge in [0, 0.05) is 52.4 Å². The van der Waals surface area contributed by atoms with Crippen LogP contribution in [-0.2, 0) is 9.53 Å². The van der Waals surface area contributed by atoms with Crippen LogP contribution < -0.4 is 10.6 Å². The van der Waals surface area contributed by atoms with Gasteiger partial charge < -0.3 is 20.3 Å². The highest BCUT2D eigenvalue weighted by molar-refractivity contribution is 5.81. The fourth-order valence-electron chi connectivity index (χ4n) is 3.97. The third kappa shape index (κ3) is 6.15. The number of nitrogens with zero attached hydrogens (tertiary/aromatic N) is 2. The molecular weight excluding hydrogens is 328 g/mol. The molecule has 0 spiro atoms. The average Bonchev–Trinajstić information content (AvgIpc) is 2.60. The molecule has 0 radical (unpaired) electrons. The van der Waals surface area contributed by atoms with Crippen LogP contribution >= 0.6 is 0 Å². The van der Waals surface area contributed by atoms with Crippen LogP contribution in [0.25, 0.3) is 0 Å². The van der Waals surface area contributed by atoms with Crippen LogP contribution in [0.15, 0.2) is 4.99 Å². The third-order valence-electron chi connectivity index (χ3n) is 5.92. The number of carbonyl (C=O) groups excluding carboxylic acids is 1. The Labute approximate surface area is 159 Å². The molecule has 1 heterocycles. The zero-order chi connectivity index (χ0) is 18.8. The van der Waals surface area contributed by atoms with Gasteiger partial charge in [-0.05, 0) is 57.8 Å². The van der Waals surface area contributed by atoms with Crippen molar-refractivity contribution >= 4 is 11.9 Å². The normalized spacial score (nSPS) is 22.7. The van der Waals surface area contributed by atoms with E-state index in [1.165, 1.54) is 25.7 Å². The number of amides is 1. The predicted octanol–water partition coefficient (Wildman–Crippen LogP) is 2.54. The van der Waals surface area contributed by atoms with Gasteiger partial charge in [0.25, 0.3) is 0 Å². The van der Waals surface area contributed by atoms with Gasteiger partial charge in [-0.2, -0.15) is 0 Å². The van der Waals surface area contributed by atoms with E-state index in [2.05, 4.69) is 24.5 Å². The van der Waals surface area contributed by atoms with Crippen LogP contribution in [-0.4, -0.2) is 62.7 Å². The zero-order valence-electron chi connectivity index (χ0n) is 17.0. The van der Waals surface area contributed by atoms with Crippen molar-refractivity contribution in [1.82, 2.24) is 15.5 Å². The first-order chi connectivity index (χ1) is 12.6. The Bertz CT molecular complexity index is 463. The first kappa shape index (κ1) is 21.0. The van der Waals surface area contributed by atoms with Gasteiger partial charge in [0.1, 0.15) is 0 Å². The highest BCUT2D eigenvalue weighted by Gasteiger charge is 2.36. The Morgan fingerprint density at radius 1 is 1.27 bits per heavy atom. The van der Waals surface area contributed by atoms with Crippen LogP contribution in [0.1, 0.15) is 65.2 Å². The minimum Gasteiger partial charge on any atom is -0.385 e. The van der Waals surface area contributed by atoms with Crippen molar-refractivity contribution in [2.24, 2.45) is 10.4 Å². The van der Waals surface area contributed by atoms with Crippen molar-refractivity contribution in [2.45, 2.75) is 71.3 Å². The lowest BCUT2D eigenvalue weighted by Crippen LogP contribution is -2.44. The first-order valence-corrected chi connectivity index (χ1v) is 10.4. The Kier molecular flexibility index (Phi) is 8.69. The van der Waals surface area contributed by atoms with Crippen LogP contribution in [0, 0.1) is 5.41 Å². The lowest BCUT2D eigenvalue weighted by molar-refractivity contribution is -0.134. The second-order valence-electron chi connectivity index (χ2n) is 7.90. The van der Waals surface area contributed by atoms with Crippen molar-refractivity contribution in [1.29, 1.82) is 0 Å². The third-order valence-corrected chi connectivity index (χ3v) is 5.92. The second kappa shape index (κ2) is 10.8. The second-order valence-corrected chi connectivity index (χ2v) is 7.90. The number of methoxy groups -OCH3 is 1. The van der Waals surface area contributed by atoms with Crippen molar-refractivity contribution in [3.05, 3.63) is 0 Å². The summed E-state index contributed by atoms with van der Waals surface area (Å²) in [6.45, 7) is 8.25. The molecule has 2 fully saturated rings. The molecule has 1 atom stereocenters. The van der Waals surface area contributed by atoms with E-state index in [1.807, 2.05) is 4.90 Å². The van der Waals surface area contributed by atoms with Crippen LogP contribution in [0.5, 0.6) is 0 Å². The van der Waals surface area contributed by atoms with Gasteiger partial charge in [-0.25, -0.2) is 0 Å². The molecule has 26 heavy (non-hydrogen) atoms. The number of guanidine groups is 1. The van der Waals surface area contributed by atoms with Gasteiger partial charge >= 0.3 is 0 Å². The van der Waals surface area contributed by atoms with E-state index in [0.717, 1.165) is 51.5 Å². The molecule has 0 aromatic rings. The molecule has 0 bridgehead atoms. The molecule has 1 saturated heterocycles. The fourth-order valence-corrected chi connectivity index (χ4v) is 3.97. The molecule has 1 aliphatic heterocycles. The SMILES string of the molecule is CCNC(=NCC1(CCOC)CCC1)NCCC(=O)N1CCCCC1C. The Morgan fingerprint density at radius 3 is 2.69 bits per heavy atom. The molecule has 6 nitrogen and oxygen atoms in total. The quantitative estimate of drug-likeness (QED) is 0.486. The molecule has 2 rings (SSSR count). The summed E-state index contributed by atoms with van der Waals surface area (Å²) >= 11 is 0. The van der Waals surface area contributed by atoms with Crippen molar-refractivity contribution in [3.63, 3.8) is 0 Å². The maximum atomic E-state index is 12.5. The van der Waals surface area contributed by atoms with Crippen LogP contribution in [0.3, 0.4) is 0 Å². The number of likely N-dealkylation sites (tertiary alicyclic amines) is 1. The minimum absolute atomic E-state index is 0.260. The fraction of sp³-hybridized carbons (Fsp3) is 0.900. The molecule has 2 N–H and O–H groups in total. The molecule has 0 aromatic heterocycles. The number of hydrogen-bond donors (Lipinski definition) is 2. The van der Waals surface area contributed by atoms with Gasteiger partial charge in [-0.15, -0.1) is 0 Å². The molecule has 150 valence electrons. The molecular formula is C20H38N4O2. The number of rotatable bonds is 9. The monoisotopic (exact) mass is 366 g/mol. The molecule has 1 amide bonds. The lowest BCUT2D eigenvalue weighted by Gasteiger charge is -2.40. The maximum Gasteiger partial charge on any atom is 0.224 e. The number of ether oxygens (including phenoxy) is 1.